The zero-order valence-electron chi connectivity index (χ0n) is 17.0. The zero-order valence-corrected chi connectivity index (χ0v) is 17.8. The summed E-state index contributed by atoms with van der Waals surface area (Å²) in [5, 5.41) is 5.00. The maximum Gasteiger partial charge on any atom is 0.230 e. The van der Waals surface area contributed by atoms with Crippen LogP contribution in [-0.4, -0.2) is 18.9 Å². The highest BCUT2D eigenvalue weighted by Crippen LogP contribution is 2.42. The summed E-state index contributed by atoms with van der Waals surface area (Å²) < 4.78 is 5.37. The van der Waals surface area contributed by atoms with E-state index in [1.54, 1.807) is 23.3 Å². The smallest absolute Gasteiger partial charge is 0.230 e. The van der Waals surface area contributed by atoms with Crippen molar-refractivity contribution in [2.45, 2.75) is 25.8 Å². The minimum absolute atomic E-state index is 0.0404. The first kappa shape index (κ1) is 20.2. The molecule has 2 aromatic carbocycles. The van der Waals surface area contributed by atoms with Crippen molar-refractivity contribution in [3.05, 3.63) is 76.5 Å². The number of carbonyl (C=O) groups is 2. The van der Waals surface area contributed by atoms with Crippen LogP contribution in [0.25, 0.3) is 0 Å². The van der Waals surface area contributed by atoms with E-state index in [1.807, 2.05) is 73.0 Å². The molecule has 4 rings (SSSR count). The van der Waals surface area contributed by atoms with Crippen molar-refractivity contribution in [2.75, 3.05) is 17.3 Å². The molecule has 6 heteroatoms. The van der Waals surface area contributed by atoms with Gasteiger partial charge in [-0.15, -0.1) is 11.3 Å². The van der Waals surface area contributed by atoms with Gasteiger partial charge in [-0.1, -0.05) is 35.9 Å². The van der Waals surface area contributed by atoms with Crippen LogP contribution in [0.4, 0.5) is 11.4 Å². The maximum atomic E-state index is 13.4. The Balaban J connectivity index is 1.70. The SMILES string of the molecule is COc1ccccc1NC(=O)[C@H]1CCC(=O)N(c2ccc(C)cc2)[C@@H]1c1cccs1. The summed E-state index contributed by atoms with van der Waals surface area (Å²) >= 11 is 1.57. The molecule has 1 aliphatic rings. The molecule has 1 aliphatic heterocycles. The molecule has 2 amide bonds. The monoisotopic (exact) mass is 420 g/mol. The fourth-order valence-electron chi connectivity index (χ4n) is 3.94. The highest BCUT2D eigenvalue weighted by Gasteiger charge is 2.42. The van der Waals surface area contributed by atoms with Crippen LogP contribution in [0.1, 0.15) is 29.3 Å². The van der Waals surface area contributed by atoms with Gasteiger partial charge in [0, 0.05) is 17.0 Å². The number of amides is 2. The molecule has 2 atom stereocenters. The van der Waals surface area contributed by atoms with Crippen molar-refractivity contribution in [2.24, 2.45) is 5.92 Å². The third kappa shape index (κ3) is 3.96. The molecule has 0 saturated carbocycles. The van der Waals surface area contributed by atoms with Crippen LogP contribution in [0.15, 0.2) is 66.0 Å². The second-order valence-corrected chi connectivity index (χ2v) is 8.37. The third-order valence-electron chi connectivity index (χ3n) is 5.45. The second-order valence-electron chi connectivity index (χ2n) is 7.39. The lowest BCUT2D eigenvalue weighted by Gasteiger charge is -2.40. The molecule has 0 unspecified atom stereocenters. The molecule has 0 bridgehead atoms. The minimum atomic E-state index is -0.368. The first-order valence-electron chi connectivity index (χ1n) is 9.94. The number of anilines is 2. The van der Waals surface area contributed by atoms with Gasteiger partial charge >= 0.3 is 0 Å². The number of para-hydroxylation sites is 2. The molecule has 30 heavy (non-hydrogen) atoms. The van der Waals surface area contributed by atoms with Gasteiger partial charge < -0.3 is 15.0 Å². The Hall–Kier alpha value is -3.12. The number of carbonyl (C=O) groups excluding carboxylic acids is 2. The van der Waals surface area contributed by atoms with Gasteiger partial charge in [-0.25, -0.2) is 0 Å². The number of aryl methyl sites for hydroxylation is 1. The molecule has 0 radical (unpaired) electrons. The van der Waals surface area contributed by atoms with Gasteiger partial charge in [-0.05, 0) is 49.1 Å². The topological polar surface area (TPSA) is 58.6 Å². The molecule has 2 heterocycles. The molecule has 1 aromatic heterocycles. The van der Waals surface area contributed by atoms with E-state index in [4.69, 9.17) is 4.74 Å². The zero-order chi connectivity index (χ0) is 21.1. The van der Waals surface area contributed by atoms with Gasteiger partial charge in [0.25, 0.3) is 0 Å². The number of piperidine rings is 1. The molecule has 3 aromatic rings. The minimum Gasteiger partial charge on any atom is -0.495 e. The predicted molar refractivity (Wildman–Crippen MR) is 120 cm³/mol. The van der Waals surface area contributed by atoms with Gasteiger partial charge in [-0.3, -0.25) is 9.59 Å². The lowest BCUT2D eigenvalue weighted by atomic mass is 9.86. The van der Waals surface area contributed by atoms with Gasteiger partial charge in [0.15, 0.2) is 0 Å². The van der Waals surface area contributed by atoms with Gasteiger partial charge in [0.2, 0.25) is 11.8 Å². The van der Waals surface area contributed by atoms with E-state index in [2.05, 4.69) is 5.32 Å². The Morgan fingerprint density at radius 2 is 1.87 bits per heavy atom. The van der Waals surface area contributed by atoms with Crippen LogP contribution >= 0.6 is 11.3 Å². The number of thiophene rings is 1. The standard InChI is InChI=1S/C24H24N2O3S/c1-16-9-11-17(12-10-16)26-22(27)14-13-18(23(26)21-8-5-15-30-21)24(28)25-19-6-3-4-7-20(19)29-2/h3-12,15,18,23H,13-14H2,1-2H3,(H,25,28)/t18-,23-/m0/s1. The van der Waals surface area contributed by atoms with Crippen LogP contribution in [0.3, 0.4) is 0 Å². The molecular weight excluding hydrogens is 396 g/mol. The van der Waals surface area contributed by atoms with Crippen molar-refractivity contribution in [1.29, 1.82) is 0 Å². The Morgan fingerprint density at radius 1 is 1.10 bits per heavy atom. The molecule has 0 spiro atoms. The Labute approximate surface area is 180 Å². The summed E-state index contributed by atoms with van der Waals surface area (Å²) in [5.74, 6) is 0.175. The normalized spacial score (nSPS) is 18.9. The average Bonchev–Trinajstić information content (AvgIpc) is 3.29. The van der Waals surface area contributed by atoms with Crippen LogP contribution in [0, 0.1) is 12.8 Å². The van der Waals surface area contributed by atoms with Gasteiger partial charge in [0.05, 0.1) is 24.8 Å². The van der Waals surface area contributed by atoms with Crippen molar-refractivity contribution in [1.82, 2.24) is 0 Å². The molecule has 1 N–H and O–H groups in total. The van der Waals surface area contributed by atoms with Crippen LogP contribution in [0.2, 0.25) is 0 Å². The van der Waals surface area contributed by atoms with Crippen LogP contribution in [-0.2, 0) is 9.59 Å². The number of benzene rings is 2. The van der Waals surface area contributed by atoms with Gasteiger partial charge in [0.1, 0.15) is 5.75 Å². The van der Waals surface area contributed by atoms with Gasteiger partial charge in [-0.2, -0.15) is 0 Å². The van der Waals surface area contributed by atoms with E-state index in [9.17, 15) is 9.59 Å². The first-order chi connectivity index (χ1) is 14.6. The lowest BCUT2D eigenvalue weighted by molar-refractivity contribution is -0.125. The maximum absolute atomic E-state index is 13.4. The fraction of sp³-hybridized carbons (Fsp3) is 0.250. The number of nitrogens with zero attached hydrogens (tertiary/aromatic N) is 1. The summed E-state index contributed by atoms with van der Waals surface area (Å²) in [6.45, 7) is 2.02. The number of rotatable bonds is 5. The summed E-state index contributed by atoms with van der Waals surface area (Å²) in [5.41, 5.74) is 2.58. The molecule has 5 nitrogen and oxygen atoms in total. The Morgan fingerprint density at radius 3 is 2.57 bits per heavy atom. The molecular formula is C24H24N2O3S. The van der Waals surface area contributed by atoms with Crippen molar-refractivity contribution < 1.29 is 14.3 Å². The lowest BCUT2D eigenvalue weighted by Crippen LogP contribution is -2.46. The predicted octanol–water partition coefficient (Wildman–Crippen LogP) is 5.19. The second kappa shape index (κ2) is 8.71. The van der Waals surface area contributed by atoms with E-state index in [1.165, 1.54) is 0 Å². The summed E-state index contributed by atoms with van der Waals surface area (Å²) in [6.07, 6.45) is 0.838. The van der Waals surface area contributed by atoms with E-state index in [0.717, 1.165) is 16.1 Å². The number of ether oxygens (including phenoxy) is 1. The fourth-order valence-corrected chi connectivity index (χ4v) is 4.82. The van der Waals surface area contributed by atoms with E-state index >= 15 is 0 Å². The van der Waals surface area contributed by atoms with E-state index < -0.39 is 0 Å². The van der Waals surface area contributed by atoms with Crippen molar-refractivity contribution >= 4 is 34.5 Å². The Kier molecular flexibility index (Phi) is 5.86. The van der Waals surface area contributed by atoms with E-state index in [0.29, 0.717) is 24.3 Å². The number of methoxy groups -OCH3 is 1. The van der Waals surface area contributed by atoms with E-state index in [-0.39, 0.29) is 23.8 Å². The molecule has 1 saturated heterocycles. The highest BCUT2D eigenvalue weighted by atomic mass is 32.1. The highest BCUT2D eigenvalue weighted by molar-refractivity contribution is 7.10. The largest absolute Gasteiger partial charge is 0.495 e. The summed E-state index contributed by atoms with van der Waals surface area (Å²) in [7, 11) is 1.58. The summed E-state index contributed by atoms with van der Waals surface area (Å²) in [4.78, 5) is 29.2. The van der Waals surface area contributed by atoms with Crippen molar-refractivity contribution in [3.63, 3.8) is 0 Å². The number of nitrogens with one attached hydrogen (secondary N) is 1. The Bertz CT molecular complexity index is 1030. The van der Waals surface area contributed by atoms with Crippen LogP contribution in [0.5, 0.6) is 5.75 Å². The average molecular weight is 421 g/mol. The third-order valence-corrected chi connectivity index (χ3v) is 6.39. The molecule has 0 aliphatic carbocycles. The quantitative estimate of drug-likeness (QED) is 0.618. The van der Waals surface area contributed by atoms with Crippen LogP contribution < -0.4 is 15.0 Å². The number of hydrogen-bond acceptors (Lipinski definition) is 4. The summed E-state index contributed by atoms with van der Waals surface area (Å²) in [6, 6.07) is 18.9. The number of hydrogen-bond donors (Lipinski definition) is 1. The molecule has 154 valence electrons. The first-order valence-corrected chi connectivity index (χ1v) is 10.8. The van der Waals surface area contributed by atoms with Crippen molar-refractivity contribution in [3.8, 4) is 5.75 Å². The molecule has 1 fully saturated rings.